The highest BCUT2D eigenvalue weighted by Gasteiger charge is 2.35. The molecule has 0 bridgehead atoms. The molecule has 1 aliphatic rings. The Hall–Kier alpha value is -1.20. The van der Waals surface area contributed by atoms with Crippen LogP contribution in [0.3, 0.4) is 0 Å². The molecule has 1 aromatic rings. The zero-order valence-corrected chi connectivity index (χ0v) is 9.67. The molecule has 0 aliphatic carbocycles. The first-order valence-electron chi connectivity index (χ1n) is 5.50. The van der Waals surface area contributed by atoms with Crippen molar-refractivity contribution in [2.75, 3.05) is 19.5 Å². The third-order valence-corrected chi connectivity index (χ3v) is 2.94. The van der Waals surface area contributed by atoms with E-state index in [2.05, 4.69) is 10.1 Å². The normalized spacial score (nSPS) is 19.4. The van der Waals surface area contributed by atoms with Crippen molar-refractivity contribution in [2.45, 2.75) is 24.9 Å². The monoisotopic (exact) mass is 242 g/mol. The van der Waals surface area contributed by atoms with E-state index in [1.165, 1.54) is 7.11 Å². The third kappa shape index (κ3) is 2.73. The Kier molecular flexibility index (Phi) is 3.31. The fraction of sp³-hybridized carbons (Fsp3) is 0.500. The van der Waals surface area contributed by atoms with Crippen LogP contribution >= 0.6 is 0 Å². The Morgan fingerprint density at radius 2 is 2.29 bits per heavy atom. The van der Waals surface area contributed by atoms with E-state index in [0.717, 1.165) is 11.1 Å². The molecule has 1 heterocycles. The van der Waals surface area contributed by atoms with Crippen molar-refractivity contribution in [3.63, 3.8) is 0 Å². The van der Waals surface area contributed by atoms with Gasteiger partial charge in [0.2, 0.25) is 0 Å². The summed E-state index contributed by atoms with van der Waals surface area (Å²) >= 11 is 0. The second-order valence-corrected chi connectivity index (χ2v) is 4.38. The average Bonchev–Trinajstić information content (AvgIpc) is 2.60. The van der Waals surface area contributed by atoms with Crippen LogP contribution in [0.2, 0.25) is 0 Å². The fourth-order valence-electron chi connectivity index (χ4n) is 2.21. The maximum Gasteiger partial charge on any atom is 0.272 e. The molecule has 94 valence electrons. The lowest BCUT2D eigenvalue weighted by atomic mass is 9.99. The Balaban J connectivity index is 2.12. The van der Waals surface area contributed by atoms with Crippen LogP contribution in [0.5, 0.6) is 0 Å². The fourth-order valence-corrected chi connectivity index (χ4v) is 2.21. The second-order valence-electron chi connectivity index (χ2n) is 4.38. The molecule has 0 amide bonds. The second kappa shape index (κ2) is 4.58. The van der Waals surface area contributed by atoms with Gasteiger partial charge in [0.15, 0.2) is 0 Å². The third-order valence-electron chi connectivity index (χ3n) is 2.94. The van der Waals surface area contributed by atoms with Gasteiger partial charge in [0.1, 0.15) is 6.61 Å². The molecular formula is C12H16F2N2O. The van der Waals surface area contributed by atoms with Gasteiger partial charge in [0.25, 0.3) is 5.92 Å². The highest BCUT2D eigenvalue weighted by molar-refractivity contribution is 5.47. The number of nitrogen functional groups attached to an aromatic ring is 1. The molecule has 0 fully saturated rings. The van der Waals surface area contributed by atoms with E-state index in [9.17, 15) is 8.78 Å². The van der Waals surface area contributed by atoms with Gasteiger partial charge in [0, 0.05) is 31.8 Å². The zero-order chi connectivity index (χ0) is 12.5. The largest absolute Gasteiger partial charge is 0.399 e. The predicted molar refractivity (Wildman–Crippen MR) is 61.9 cm³/mol. The Morgan fingerprint density at radius 1 is 1.53 bits per heavy atom. The molecule has 0 spiro atoms. The Morgan fingerprint density at radius 3 is 3.00 bits per heavy atom. The number of halogens is 2. The van der Waals surface area contributed by atoms with E-state index >= 15 is 0 Å². The molecule has 1 atom stereocenters. The van der Waals surface area contributed by atoms with Gasteiger partial charge in [-0.1, -0.05) is 6.07 Å². The van der Waals surface area contributed by atoms with Gasteiger partial charge in [-0.15, -0.1) is 0 Å². The summed E-state index contributed by atoms with van der Waals surface area (Å²) in [7, 11) is 1.28. The number of rotatable bonds is 4. The number of ether oxygens (including phenoxy) is 1. The maximum absolute atomic E-state index is 13.5. The van der Waals surface area contributed by atoms with Crippen molar-refractivity contribution >= 4 is 5.69 Å². The van der Waals surface area contributed by atoms with Crippen molar-refractivity contribution in [3.8, 4) is 0 Å². The highest BCUT2D eigenvalue weighted by Crippen LogP contribution is 2.34. The minimum absolute atomic E-state index is 0.252. The molecule has 1 unspecified atom stereocenters. The van der Waals surface area contributed by atoms with Crippen LogP contribution in [-0.2, 0) is 11.3 Å². The molecule has 1 aromatic carbocycles. The van der Waals surface area contributed by atoms with E-state index in [0.29, 0.717) is 12.2 Å². The Bertz CT molecular complexity index is 409. The first-order chi connectivity index (χ1) is 8.02. The van der Waals surface area contributed by atoms with Crippen molar-refractivity contribution in [2.24, 2.45) is 0 Å². The van der Waals surface area contributed by atoms with Crippen molar-refractivity contribution in [1.82, 2.24) is 5.32 Å². The number of hydrogen-bond donors (Lipinski definition) is 2. The summed E-state index contributed by atoms with van der Waals surface area (Å²) in [5.41, 5.74) is 8.23. The quantitative estimate of drug-likeness (QED) is 0.795. The predicted octanol–water partition coefficient (Wildman–Crippen LogP) is 2.08. The summed E-state index contributed by atoms with van der Waals surface area (Å²) in [4.78, 5) is 0. The number of methoxy groups -OCH3 is 1. The van der Waals surface area contributed by atoms with Gasteiger partial charge in [0.05, 0.1) is 0 Å². The van der Waals surface area contributed by atoms with Crippen LogP contribution < -0.4 is 11.1 Å². The van der Waals surface area contributed by atoms with Gasteiger partial charge in [-0.05, 0) is 23.3 Å². The van der Waals surface area contributed by atoms with Gasteiger partial charge in [-0.25, -0.2) is 8.78 Å². The minimum atomic E-state index is -2.81. The minimum Gasteiger partial charge on any atom is -0.399 e. The smallest absolute Gasteiger partial charge is 0.272 e. The molecule has 0 radical (unpaired) electrons. The molecule has 2 rings (SSSR count). The molecular weight excluding hydrogens is 226 g/mol. The molecule has 3 nitrogen and oxygen atoms in total. The molecule has 17 heavy (non-hydrogen) atoms. The van der Waals surface area contributed by atoms with Gasteiger partial charge < -0.3 is 15.8 Å². The number of benzene rings is 1. The maximum atomic E-state index is 13.5. The van der Waals surface area contributed by atoms with Crippen molar-refractivity contribution in [1.29, 1.82) is 0 Å². The van der Waals surface area contributed by atoms with E-state index < -0.39 is 12.5 Å². The SMILES string of the molecule is COCC(F)(F)CC1NCc2cc(N)ccc21. The number of nitrogens with one attached hydrogen (secondary N) is 1. The summed E-state index contributed by atoms with van der Waals surface area (Å²) in [5, 5.41) is 3.07. The van der Waals surface area contributed by atoms with Crippen LogP contribution in [0.1, 0.15) is 23.6 Å². The summed E-state index contributed by atoms with van der Waals surface area (Å²) in [6, 6.07) is 5.07. The molecule has 0 saturated carbocycles. The molecule has 3 N–H and O–H groups in total. The van der Waals surface area contributed by atoms with Crippen LogP contribution in [-0.4, -0.2) is 19.6 Å². The highest BCUT2D eigenvalue weighted by atomic mass is 19.3. The average molecular weight is 242 g/mol. The standard InChI is InChI=1S/C12H16F2N2O/c1-17-7-12(13,14)5-11-10-3-2-9(15)4-8(10)6-16-11/h2-4,11,16H,5-7,15H2,1H3. The Labute approximate surface area is 98.9 Å². The number of nitrogens with two attached hydrogens (primary N) is 1. The molecule has 5 heteroatoms. The summed E-state index contributed by atoms with van der Waals surface area (Å²) in [5.74, 6) is -2.81. The summed E-state index contributed by atoms with van der Waals surface area (Å²) < 4.78 is 31.4. The lowest BCUT2D eigenvalue weighted by molar-refractivity contribution is -0.0756. The van der Waals surface area contributed by atoms with Gasteiger partial charge in [-0.3, -0.25) is 0 Å². The topological polar surface area (TPSA) is 47.3 Å². The van der Waals surface area contributed by atoms with Crippen LogP contribution in [0.15, 0.2) is 18.2 Å². The number of hydrogen-bond acceptors (Lipinski definition) is 3. The lowest BCUT2D eigenvalue weighted by Crippen LogP contribution is -2.28. The first-order valence-corrected chi connectivity index (χ1v) is 5.50. The van der Waals surface area contributed by atoms with Crippen molar-refractivity contribution < 1.29 is 13.5 Å². The zero-order valence-electron chi connectivity index (χ0n) is 9.67. The van der Waals surface area contributed by atoms with Crippen LogP contribution in [0.25, 0.3) is 0 Å². The van der Waals surface area contributed by atoms with Gasteiger partial charge >= 0.3 is 0 Å². The number of alkyl halides is 2. The van der Waals surface area contributed by atoms with E-state index in [1.807, 2.05) is 12.1 Å². The van der Waals surface area contributed by atoms with Crippen LogP contribution in [0.4, 0.5) is 14.5 Å². The van der Waals surface area contributed by atoms with Crippen LogP contribution in [0, 0.1) is 0 Å². The van der Waals surface area contributed by atoms with E-state index in [1.54, 1.807) is 6.07 Å². The molecule has 1 aliphatic heterocycles. The van der Waals surface area contributed by atoms with E-state index in [-0.39, 0.29) is 12.5 Å². The van der Waals surface area contributed by atoms with Gasteiger partial charge in [-0.2, -0.15) is 0 Å². The van der Waals surface area contributed by atoms with Crippen molar-refractivity contribution in [3.05, 3.63) is 29.3 Å². The summed E-state index contributed by atoms with van der Waals surface area (Å²) in [6.45, 7) is 0.0452. The summed E-state index contributed by atoms with van der Waals surface area (Å²) in [6.07, 6.45) is -0.252. The number of fused-ring (bicyclic) bond motifs is 1. The first kappa shape index (κ1) is 12.3. The lowest BCUT2D eigenvalue weighted by Gasteiger charge is -2.20. The molecule has 0 saturated heterocycles. The molecule has 0 aromatic heterocycles. The number of anilines is 1. The van der Waals surface area contributed by atoms with E-state index in [4.69, 9.17) is 5.73 Å².